The first-order valence-electron chi connectivity index (χ1n) is 12.7. The number of hydrogen-bond donors (Lipinski definition) is 0. The maximum Gasteiger partial charge on any atom is 0.303 e. The summed E-state index contributed by atoms with van der Waals surface area (Å²) in [5.41, 5.74) is 0. The first-order valence-corrected chi connectivity index (χ1v) is 12.7. The quantitative estimate of drug-likeness (QED) is 0.167. The third-order valence-electron chi connectivity index (χ3n) is 7.34. The van der Waals surface area contributed by atoms with Crippen LogP contribution in [-0.2, 0) is 9.53 Å². The van der Waals surface area contributed by atoms with Gasteiger partial charge in [-0.2, -0.15) is 0 Å². The van der Waals surface area contributed by atoms with Gasteiger partial charge in [-0.1, -0.05) is 84.0 Å². The van der Waals surface area contributed by atoms with Crippen LogP contribution in [-0.4, -0.2) is 42.7 Å². The van der Waals surface area contributed by atoms with E-state index in [1.165, 1.54) is 127 Å². The second kappa shape index (κ2) is 13.6. The third-order valence-corrected chi connectivity index (χ3v) is 7.34. The summed E-state index contributed by atoms with van der Waals surface area (Å²) in [4.78, 5) is 11.4. The van der Waals surface area contributed by atoms with Crippen LogP contribution in [0, 0.1) is 5.92 Å². The van der Waals surface area contributed by atoms with Gasteiger partial charge in [-0.15, -0.1) is 0 Å². The van der Waals surface area contributed by atoms with Gasteiger partial charge in [0, 0.05) is 25.7 Å². The second-order valence-corrected chi connectivity index (χ2v) is 9.78. The molecule has 0 spiro atoms. The van der Waals surface area contributed by atoms with Gasteiger partial charge in [0.05, 0.1) is 19.6 Å². The summed E-state index contributed by atoms with van der Waals surface area (Å²) in [5.74, 6) is 0.550. The standard InChI is InChI=1S/C25H48NO2/c1-3-4-5-6-7-8-9-10-11-12-13-14-15-16-19-26-20-17-24(18-21-26)25(22-26)28-23(2)27/h24-25H,3-22H2,1-2H3/q+1/t24?,25-,26?/m0/s1. The third kappa shape index (κ3) is 8.84. The van der Waals surface area contributed by atoms with Gasteiger partial charge in [0.15, 0.2) is 6.10 Å². The van der Waals surface area contributed by atoms with Crippen molar-refractivity contribution in [2.75, 3.05) is 26.2 Å². The van der Waals surface area contributed by atoms with Crippen LogP contribution in [0.4, 0.5) is 0 Å². The Bertz CT molecular complexity index is 415. The molecule has 0 saturated carbocycles. The molecule has 0 aromatic rings. The predicted octanol–water partition coefficient (Wildman–Crippen LogP) is 6.64. The van der Waals surface area contributed by atoms with E-state index < -0.39 is 0 Å². The Balaban J connectivity index is 1.42. The number of nitrogens with zero attached hydrogens (tertiary/aromatic N) is 1. The summed E-state index contributed by atoms with van der Waals surface area (Å²) in [6, 6.07) is 0. The van der Waals surface area contributed by atoms with E-state index in [2.05, 4.69) is 6.92 Å². The molecule has 0 radical (unpaired) electrons. The number of piperidine rings is 3. The number of unbranched alkanes of at least 4 members (excludes halogenated alkanes) is 13. The molecule has 0 amide bonds. The molecule has 3 heteroatoms. The molecule has 0 aromatic carbocycles. The Morgan fingerprint density at radius 1 is 0.786 bits per heavy atom. The van der Waals surface area contributed by atoms with E-state index in [1.54, 1.807) is 6.92 Å². The summed E-state index contributed by atoms with van der Waals surface area (Å²) < 4.78 is 6.85. The number of hydrogen-bond acceptors (Lipinski definition) is 2. The summed E-state index contributed by atoms with van der Waals surface area (Å²) >= 11 is 0. The molecule has 3 heterocycles. The van der Waals surface area contributed by atoms with Crippen molar-refractivity contribution in [2.24, 2.45) is 5.92 Å². The van der Waals surface area contributed by atoms with Gasteiger partial charge in [0.2, 0.25) is 0 Å². The molecule has 3 rings (SSSR count). The maximum atomic E-state index is 11.4. The highest BCUT2D eigenvalue weighted by atomic mass is 16.5. The van der Waals surface area contributed by atoms with Gasteiger partial charge in [-0.3, -0.25) is 4.79 Å². The summed E-state index contributed by atoms with van der Waals surface area (Å²) in [6.45, 7) is 8.89. The largest absolute Gasteiger partial charge is 0.456 e. The van der Waals surface area contributed by atoms with Gasteiger partial charge in [-0.05, 0) is 12.8 Å². The van der Waals surface area contributed by atoms with Crippen molar-refractivity contribution in [3.63, 3.8) is 0 Å². The van der Waals surface area contributed by atoms with Crippen molar-refractivity contribution >= 4 is 5.97 Å². The van der Waals surface area contributed by atoms with Crippen LogP contribution >= 0.6 is 0 Å². The fourth-order valence-electron chi connectivity index (χ4n) is 5.52. The van der Waals surface area contributed by atoms with Crippen LogP contribution in [0.25, 0.3) is 0 Å². The molecule has 3 nitrogen and oxygen atoms in total. The van der Waals surface area contributed by atoms with E-state index in [-0.39, 0.29) is 12.1 Å². The smallest absolute Gasteiger partial charge is 0.303 e. The van der Waals surface area contributed by atoms with Crippen molar-refractivity contribution in [2.45, 2.75) is 123 Å². The highest BCUT2D eigenvalue weighted by molar-refractivity contribution is 5.66. The molecule has 0 aromatic heterocycles. The van der Waals surface area contributed by atoms with Gasteiger partial charge in [0.25, 0.3) is 0 Å². The lowest BCUT2D eigenvalue weighted by molar-refractivity contribution is -0.946. The summed E-state index contributed by atoms with van der Waals surface area (Å²) in [7, 11) is 0. The highest BCUT2D eigenvalue weighted by Crippen LogP contribution is 2.36. The molecule has 1 atom stereocenters. The molecule has 28 heavy (non-hydrogen) atoms. The van der Waals surface area contributed by atoms with Crippen LogP contribution in [0.3, 0.4) is 0 Å². The van der Waals surface area contributed by atoms with Gasteiger partial charge >= 0.3 is 5.97 Å². The predicted molar refractivity (Wildman–Crippen MR) is 118 cm³/mol. The number of esters is 1. The van der Waals surface area contributed by atoms with Gasteiger partial charge < -0.3 is 9.22 Å². The average molecular weight is 395 g/mol. The van der Waals surface area contributed by atoms with Crippen LogP contribution in [0.5, 0.6) is 0 Å². The molecule has 3 aliphatic rings. The second-order valence-electron chi connectivity index (χ2n) is 9.78. The Hall–Kier alpha value is -0.570. The summed E-state index contributed by atoms with van der Waals surface area (Å²) in [6.07, 6.45) is 22.7. The SMILES string of the molecule is CCCCCCCCCCCCCCCC[N+]12CCC(CC1)[C@@H](OC(C)=O)C2. The van der Waals surface area contributed by atoms with Crippen molar-refractivity contribution in [3.8, 4) is 0 Å². The molecule has 3 saturated heterocycles. The molecule has 0 N–H and O–H groups in total. The Kier molecular flexibility index (Phi) is 11.5. The van der Waals surface area contributed by atoms with Gasteiger partial charge in [-0.25, -0.2) is 0 Å². The molecule has 3 aliphatic heterocycles. The average Bonchev–Trinajstić information content (AvgIpc) is 2.68. The fraction of sp³-hybridized carbons (Fsp3) is 0.960. The van der Waals surface area contributed by atoms with Crippen LogP contribution in [0.15, 0.2) is 0 Å². The first-order chi connectivity index (χ1) is 13.7. The molecule has 3 fully saturated rings. The minimum Gasteiger partial charge on any atom is -0.456 e. The number of rotatable bonds is 16. The zero-order valence-corrected chi connectivity index (χ0v) is 19.1. The lowest BCUT2D eigenvalue weighted by atomic mass is 9.83. The van der Waals surface area contributed by atoms with E-state index in [0.717, 1.165) is 6.54 Å². The molecule has 164 valence electrons. The Morgan fingerprint density at radius 2 is 1.25 bits per heavy atom. The van der Waals surface area contributed by atoms with Crippen molar-refractivity contribution in [1.29, 1.82) is 0 Å². The molecule has 2 bridgehead atoms. The number of quaternary nitrogens is 1. The van der Waals surface area contributed by atoms with Crippen molar-refractivity contribution in [3.05, 3.63) is 0 Å². The Morgan fingerprint density at radius 3 is 1.71 bits per heavy atom. The normalized spacial score (nSPS) is 26.5. The number of fused-ring (bicyclic) bond motifs is 3. The molecular formula is C25H48NO2+. The fourth-order valence-corrected chi connectivity index (χ4v) is 5.52. The van der Waals surface area contributed by atoms with Crippen molar-refractivity contribution in [1.82, 2.24) is 0 Å². The number of ether oxygens (including phenoxy) is 1. The van der Waals surface area contributed by atoms with E-state index >= 15 is 0 Å². The van der Waals surface area contributed by atoms with E-state index in [1.807, 2.05) is 0 Å². The monoisotopic (exact) mass is 394 g/mol. The minimum atomic E-state index is -0.0895. The molecular weight excluding hydrogens is 346 g/mol. The highest BCUT2D eigenvalue weighted by Gasteiger charge is 2.46. The first kappa shape index (κ1) is 23.7. The lowest BCUT2D eigenvalue weighted by Gasteiger charge is -2.52. The van der Waals surface area contributed by atoms with E-state index in [0.29, 0.717) is 5.92 Å². The van der Waals surface area contributed by atoms with Crippen LogP contribution in [0.2, 0.25) is 0 Å². The maximum absolute atomic E-state index is 11.4. The lowest BCUT2D eigenvalue weighted by Crippen LogP contribution is -2.64. The van der Waals surface area contributed by atoms with E-state index in [9.17, 15) is 4.79 Å². The van der Waals surface area contributed by atoms with Crippen LogP contribution in [0.1, 0.15) is 117 Å². The zero-order chi connectivity index (χ0) is 20.1. The number of carbonyl (C=O) groups excluding carboxylic acids is 1. The molecule has 0 aliphatic carbocycles. The van der Waals surface area contributed by atoms with Gasteiger partial charge in [0.1, 0.15) is 6.54 Å². The topological polar surface area (TPSA) is 26.3 Å². The zero-order valence-electron chi connectivity index (χ0n) is 19.1. The number of carbonyl (C=O) groups is 1. The van der Waals surface area contributed by atoms with E-state index in [4.69, 9.17) is 4.74 Å². The minimum absolute atomic E-state index is 0.0895. The van der Waals surface area contributed by atoms with Crippen molar-refractivity contribution < 1.29 is 14.0 Å². The molecule has 0 unspecified atom stereocenters. The summed E-state index contributed by atoms with van der Waals surface area (Å²) in [5, 5.41) is 0. The Labute approximate surface area is 175 Å². The van der Waals surface area contributed by atoms with Crippen LogP contribution < -0.4 is 0 Å².